The van der Waals surface area contributed by atoms with Crippen molar-refractivity contribution in [3.63, 3.8) is 0 Å². The van der Waals surface area contributed by atoms with Crippen LogP contribution in [0.2, 0.25) is 0 Å². The standard InChI is InChI=1S/C18H24N2O2/c1-3-18(4-2,10-12-21)13-20-17(22)16-15-8-6-5-7-14(15)9-11-19-16/h5-9,11,21H,3-4,10,12-13H2,1-2H3,(H,20,22). The first-order chi connectivity index (χ1) is 10.7. The number of aliphatic hydroxyl groups excluding tert-OH is 1. The first kappa shape index (κ1) is 16.4. The number of nitrogens with zero attached hydrogens (tertiary/aromatic N) is 1. The zero-order chi connectivity index (χ0) is 16.0. The van der Waals surface area contributed by atoms with Crippen LogP contribution in [0.25, 0.3) is 10.8 Å². The molecular weight excluding hydrogens is 276 g/mol. The quantitative estimate of drug-likeness (QED) is 0.825. The fourth-order valence-electron chi connectivity index (χ4n) is 2.83. The molecule has 0 aliphatic rings. The smallest absolute Gasteiger partial charge is 0.270 e. The molecule has 0 unspecified atom stereocenters. The monoisotopic (exact) mass is 300 g/mol. The lowest BCUT2D eigenvalue weighted by Gasteiger charge is -2.31. The Morgan fingerprint density at radius 2 is 1.95 bits per heavy atom. The molecule has 0 atom stereocenters. The van der Waals surface area contributed by atoms with E-state index in [9.17, 15) is 9.90 Å². The number of nitrogens with one attached hydrogen (secondary N) is 1. The van der Waals surface area contributed by atoms with Gasteiger partial charge in [0.05, 0.1) is 0 Å². The molecular formula is C18H24N2O2. The Labute approximate surface area is 131 Å². The van der Waals surface area contributed by atoms with Crippen LogP contribution in [0.4, 0.5) is 0 Å². The second kappa shape index (κ2) is 7.36. The maximum absolute atomic E-state index is 12.5. The summed E-state index contributed by atoms with van der Waals surface area (Å²) in [6.07, 6.45) is 4.21. The lowest BCUT2D eigenvalue weighted by molar-refractivity contribution is 0.0904. The molecule has 1 aromatic carbocycles. The minimum absolute atomic E-state index is 0.0466. The Balaban J connectivity index is 2.17. The van der Waals surface area contributed by atoms with E-state index >= 15 is 0 Å². The highest BCUT2D eigenvalue weighted by Crippen LogP contribution is 2.29. The van der Waals surface area contributed by atoms with Crippen LogP contribution in [0.3, 0.4) is 0 Å². The van der Waals surface area contributed by atoms with Crippen LogP contribution < -0.4 is 5.32 Å². The van der Waals surface area contributed by atoms with Crippen molar-refractivity contribution in [3.8, 4) is 0 Å². The summed E-state index contributed by atoms with van der Waals surface area (Å²) in [6.45, 7) is 4.90. The van der Waals surface area contributed by atoms with Crippen LogP contribution in [0, 0.1) is 5.41 Å². The molecule has 0 aliphatic heterocycles. The van der Waals surface area contributed by atoms with Gasteiger partial charge in [-0.25, -0.2) is 0 Å². The summed E-state index contributed by atoms with van der Waals surface area (Å²) < 4.78 is 0. The summed E-state index contributed by atoms with van der Waals surface area (Å²) in [5.74, 6) is -0.152. The van der Waals surface area contributed by atoms with Gasteiger partial charge in [0.2, 0.25) is 0 Å². The number of carbonyl (C=O) groups excluding carboxylic acids is 1. The van der Waals surface area contributed by atoms with Gasteiger partial charge in [-0.2, -0.15) is 0 Å². The predicted molar refractivity (Wildman–Crippen MR) is 88.8 cm³/mol. The van der Waals surface area contributed by atoms with E-state index in [-0.39, 0.29) is 17.9 Å². The SMILES string of the molecule is CCC(CC)(CCO)CNC(=O)c1nccc2ccccc12. The molecule has 0 bridgehead atoms. The van der Waals surface area contributed by atoms with Crippen LogP contribution >= 0.6 is 0 Å². The first-order valence-corrected chi connectivity index (χ1v) is 7.88. The topological polar surface area (TPSA) is 62.2 Å². The summed E-state index contributed by atoms with van der Waals surface area (Å²) in [6, 6.07) is 9.65. The molecule has 4 heteroatoms. The van der Waals surface area contributed by atoms with Crippen molar-refractivity contribution in [2.24, 2.45) is 5.41 Å². The number of fused-ring (bicyclic) bond motifs is 1. The van der Waals surface area contributed by atoms with Gasteiger partial charge in [0.15, 0.2) is 0 Å². The van der Waals surface area contributed by atoms with Crippen molar-refractivity contribution >= 4 is 16.7 Å². The highest BCUT2D eigenvalue weighted by Gasteiger charge is 2.26. The largest absolute Gasteiger partial charge is 0.396 e. The maximum atomic E-state index is 12.5. The molecule has 118 valence electrons. The number of hydrogen-bond acceptors (Lipinski definition) is 3. The minimum Gasteiger partial charge on any atom is -0.396 e. The first-order valence-electron chi connectivity index (χ1n) is 7.88. The van der Waals surface area contributed by atoms with Gasteiger partial charge in [0, 0.05) is 24.7 Å². The molecule has 22 heavy (non-hydrogen) atoms. The Morgan fingerprint density at radius 3 is 2.64 bits per heavy atom. The number of aliphatic hydroxyl groups is 1. The third kappa shape index (κ3) is 3.45. The van der Waals surface area contributed by atoms with E-state index < -0.39 is 0 Å². The average molecular weight is 300 g/mol. The van der Waals surface area contributed by atoms with E-state index in [0.717, 1.165) is 23.6 Å². The lowest BCUT2D eigenvalue weighted by Crippen LogP contribution is -2.38. The third-order valence-corrected chi connectivity index (χ3v) is 4.65. The van der Waals surface area contributed by atoms with E-state index in [2.05, 4.69) is 24.1 Å². The number of carbonyl (C=O) groups is 1. The summed E-state index contributed by atoms with van der Waals surface area (Å²) in [5, 5.41) is 14.1. The Kier molecular flexibility index (Phi) is 5.50. The second-order valence-electron chi connectivity index (χ2n) is 5.74. The summed E-state index contributed by atoms with van der Waals surface area (Å²) >= 11 is 0. The fourth-order valence-corrected chi connectivity index (χ4v) is 2.83. The molecule has 2 N–H and O–H groups in total. The van der Waals surface area contributed by atoms with Crippen LogP contribution in [-0.4, -0.2) is 29.1 Å². The lowest BCUT2D eigenvalue weighted by atomic mass is 9.79. The molecule has 4 nitrogen and oxygen atoms in total. The van der Waals surface area contributed by atoms with Crippen LogP contribution in [0.15, 0.2) is 36.5 Å². The van der Waals surface area contributed by atoms with Crippen molar-refractivity contribution in [3.05, 3.63) is 42.2 Å². The number of rotatable bonds is 7. The summed E-state index contributed by atoms with van der Waals surface area (Å²) in [4.78, 5) is 16.7. The molecule has 2 aromatic rings. The van der Waals surface area contributed by atoms with Gasteiger partial charge in [0.25, 0.3) is 5.91 Å². The number of amides is 1. The van der Waals surface area contributed by atoms with Crippen LogP contribution in [0.1, 0.15) is 43.6 Å². The zero-order valence-electron chi connectivity index (χ0n) is 13.3. The third-order valence-electron chi connectivity index (χ3n) is 4.65. The van der Waals surface area contributed by atoms with E-state index in [1.807, 2.05) is 30.3 Å². The normalized spacial score (nSPS) is 11.6. The van der Waals surface area contributed by atoms with Crippen molar-refractivity contribution in [1.82, 2.24) is 10.3 Å². The van der Waals surface area contributed by atoms with Crippen molar-refractivity contribution < 1.29 is 9.90 Å². The maximum Gasteiger partial charge on any atom is 0.270 e. The number of benzene rings is 1. The van der Waals surface area contributed by atoms with E-state index in [1.54, 1.807) is 6.20 Å². The molecule has 1 amide bonds. The molecule has 0 saturated heterocycles. The van der Waals surface area contributed by atoms with Gasteiger partial charge in [-0.3, -0.25) is 9.78 Å². The van der Waals surface area contributed by atoms with E-state index in [4.69, 9.17) is 0 Å². The molecule has 1 heterocycles. The Morgan fingerprint density at radius 1 is 1.23 bits per heavy atom. The van der Waals surface area contributed by atoms with Gasteiger partial charge < -0.3 is 10.4 Å². The number of aromatic nitrogens is 1. The van der Waals surface area contributed by atoms with Gasteiger partial charge >= 0.3 is 0 Å². The molecule has 0 spiro atoms. The van der Waals surface area contributed by atoms with Gasteiger partial charge in [-0.05, 0) is 36.1 Å². The molecule has 0 radical (unpaired) electrons. The molecule has 1 aromatic heterocycles. The number of hydrogen-bond donors (Lipinski definition) is 2. The second-order valence-corrected chi connectivity index (χ2v) is 5.74. The van der Waals surface area contributed by atoms with Gasteiger partial charge in [-0.15, -0.1) is 0 Å². The molecule has 0 aliphatic carbocycles. The fraction of sp³-hybridized carbons (Fsp3) is 0.444. The Hall–Kier alpha value is -1.94. The van der Waals surface area contributed by atoms with Crippen molar-refractivity contribution in [1.29, 1.82) is 0 Å². The molecule has 2 rings (SSSR count). The summed E-state index contributed by atoms with van der Waals surface area (Å²) in [7, 11) is 0. The predicted octanol–water partition coefficient (Wildman–Crippen LogP) is 3.15. The summed E-state index contributed by atoms with van der Waals surface area (Å²) in [5.41, 5.74) is 0.415. The van der Waals surface area contributed by atoms with E-state index in [1.165, 1.54) is 0 Å². The van der Waals surface area contributed by atoms with Crippen LogP contribution in [-0.2, 0) is 0 Å². The highest BCUT2D eigenvalue weighted by atomic mass is 16.3. The van der Waals surface area contributed by atoms with Gasteiger partial charge in [0.1, 0.15) is 5.69 Å². The van der Waals surface area contributed by atoms with Crippen molar-refractivity contribution in [2.75, 3.05) is 13.2 Å². The number of pyridine rings is 1. The minimum atomic E-state index is -0.152. The van der Waals surface area contributed by atoms with E-state index in [0.29, 0.717) is 18.7 Å². The Bertz CT molecular complexity index is 631. The van der Waals surface area contributed by atoms with Gasteiger partial charge in [-0.1, -0.05) is 38.1 Å². The van der Waals surface area contributed by atoms with Crippen LogP contribution in [0.5, 0.6) is 0 Å². The average Bonchev–Trinajstić information content (AvgIpc) is 2.58. The highest BCUT2D eigenvalue weighted by molar-refractivity contribution is 6.05. The molecule has 0 fully saturated rings. The molecule has 0 saturated carbocycles. The zero-order valence-corrected chi connectivity index (χ0v) is 13.3. The van der Waals surface area contributed by atoms with Crippen molar-refractivity contribution in [2.45, 2.75) is 33.1 Å².